The Morgan fingerprint density at radius 3 is 2.32 bits per heavy atom. The van der Waals surface area contributed by atoms with Gasteiger partial charge in [-0.05, 0) is 51.0 Å². The predicted molar refractivity (Wildman–Crippen MR) is 167 cm³/mol. The molecule has 44 heavy (non-hydrogen) atoms. The van der Waals surface area contributed by atoms with Gasteiger partial charge < -0.3 is 24.2 Å². The molecular formula is C34H50N2O8. The van der Waals surface area contributed by atoms with Crippen LogP contribution >= 0.6 is 0 Å². The van der Waals surface area contributed by atoms with Crippen LogP contribution in [0.1, 0.15) is 80.7 Å². The first-order valence-corrected chi connectivity index (χ1v) is 15.6. The van der Waals surface area contributed by atoms with Gasteiger partial charge in [0.05, 0.1) is 24.9 Å². The van der Waals surface area contributed by atoms with E-state index in [9.17, 15) is 19.5 Å². The fraction of sp³-hybridized carbons (Fsp3) is 0.676. The van der Waals surface area contributed by atoms with E-state index in [2.05, 4.69) is 10.1 Å². The second kappa shape index (κ2) is 14.9. The van der Waals surface area contributed by atoms with Crippen molar-refractivity contribution in [1.29, 1.82) is 0 Å². The normalized spacial score (nSPS) is 37.9. The molecule has 3 rings (SSSR count). The van der Waals surface area contributed by atoms with Crippen LogP contribution in [-0.4, -0.2) is 70.8 Å². The van der Waals surface area contributed by atoms with E-state index in [-0.39, 0.29) is 49.8 Å². The average Bonchev–Trinajstić information content (AvgIpc) is 3.00. The Kier molecular flexibility index (Phi) is 12.0. The van der Waals surface area contributed by atoms with Gasteiger partial charge in [0.1, 0.15) is 35.7 Å². The molecule has 2 saturated heterocycles. The number of oxime groups is 1. The number of ketones is 1. The van der Waals surface area contributed by atoms with E-state index in [0.717, 1.165) is 5.56 Å². The number of carbonyl (C=O) groups is 3. The van der Waals surface area contributed by atoms with Crippen LogP contribution in [0.3, 0.4) is 0 Å². The molecule has 0 spiro atoms. The van der Waals surface area contributed by atoms with E-state index in [1.165, 1.54) is 6.92 Å². The third kappa shape index (κ3) is 8.20. The van der Waals surface area contributed by atoms with Crippen molar-refractivity contribution >= 4 is 29.1 Å². The Morgan fingerprint density at radius 2 is 1.70 bits per heavy atom. The summed E-state index contributed by atoms with van der Waals surface area (Å²) in [6.45, 7) is 16.0. The third-order valence-electron chi connectivity index (χ3n) is 9.49. The molecule has 0 saturated carbocycles. The standard InChI is InChI=1S/C34H50N2O8/c1-10-28-34(9,40)31-22(4)29(35-25(7)37)20(2)16-33(8,24(6)21(3)30(38)23(5)32(39)44-28)42-19-27(18-41-31)36-43-17-26-14-12-11-13-15-26/h11-15,20-24,28,31,40H,10,16-19H2,1-9H3/b35-29?,36-27+/t20-,21-,22+,23-,24-,28-,31-,33-,34-/m1/s1. The summed E-state index contributed by atoms with van der Waals surface area (Å²) >= 11 is 0. The first kappa shape index (κ1) is 35.5. The molecule has 1 N–H and O–H groups in total. The summed E-state index contributed by atoms with van der Waals surface area (Å²) in [7, 11) is 0. The largest absolute Gasteiger partial charge is 0.459 e. The lowest BCUT2D eigenvalue weighted by atomic mass is 9.70. The number of benzene rings is 1. The highest BCUT2D eigenvalue weighted by Gasteiger charge is 2.50. The van der Waals surface area contributed by atoms with E-state index < -0.39 is 47.1 Å². The first-order valence-electron chi connectivity index (χ1n) is 15.6. The van der Waals surface area contributed by atoms with E-state index in [4.69, 9.17) is 19.0 Å². The molecule has 1 aromatic rings. The molecule has 10 heteroatoms. The zero-order valence-corrected chi connectivity index (χ0v) is 27.7. The minimum absolute atomic E-state index is 0.0356. The molecule has 0 aromatic heterocycles. The van der Waals surface area contributed by atoms with Crippen LogP contribution in [0.4, 0.5) is 0 Å². The van der Waals surface area contributed by atoms with Gasteiger partial charge in [-0.25, -0.2) is 4.99 Å². The molecule has 2 aliphatic rings. The molecule has 10 nitrogen and oxygen atoms in total. The Labute approximate surface area is 261 Å². The number of nitrogens with zero attached hydrogens (tertiary/aromatic N) is 2. The lowest BCUT2D eigenvalue weighted by Crippen LogP contribution is -2.57. The van der Waals surface area contributed by atoms with Crippen LogP contribution in [0.5, 0.6) is 0 Å². The minimum Gasteiger partial charge on any atom is -0.459 e. The van der Waals surface area contributed by atoms with Crippen molar-refractivity contribution in [3.63, 3.8) is 0 Å². The summed E-state index contributed by atoms with van der Waals surface area (Å²) in [5.41, 5.74) is -0.722. The highest BCUT2D eigenvalue weighted by Crippen LogP contribution is 2.39. The van der Waals surface area contributed by atoms with Crippen molar-refractivity contribution in [3.05, 3.63) is 35.9 Å². The highest BCUT2D eigenvalue weighted by atomic mass is 16.6. The quantitative estimate of drug-likeness (QED) is 0.286. The minimum atomic E-state index is -1.74. The van der Waals surface area contributed by atoms with Crippen LogP contribution in [0, 0.1) is 29.6 Å². The molecule has 1 aromatic carbocycles. The Bertz CT molecular complexity index is 1230. The molecule has 2 bridgehead atoms. The number of hydrogen-bond acceptors (Lipinski definition) is 9. The monoisotopic (exact) mass is 614 g/mol. The SMILES string of the molecule is CC[C@H]1OC(=O)[C@H](C)C(=O)[C@H](C)[C@@H](C)[C@@]2(C)C[C@@H](C)C(=NC(C)=O)[C@H](C)[C@@H](OC/C(=N\OCc3ccccc3)CO2)[C@]1(C)O. The van der Waals surface area contributed by atoms with Crippen molar-refractivity contribution in [2.45, 2.75) is 105 Å². The van der Waals surface area contributed by atoms with Gasteiger partial charge in [0, 0.05) is 24.5 Å². The summed E-state index contributed by atoms with van der Waals surface area (Å²) in [6, 6.07) is 9.62. The topological polar surface area (TPSA) is 133 Å². The fourth-order valence-electron chi connectivity index (χ4n) is 6.53. The number of rotatable bonds is 4. The maximum absolute atomic E-state index is 13.7. The number of aliphatic imine (C=N–C) groups is 1. The number of Topliss-reactive ketones (excluding diaryl/α,β-unsaturated/α-hetero) is 1. The maximum Gasteiger partial charge on any atom is 0.316 e. The van der Waals surface area contributed by atoms with Crippen LogP contribution in [-0.2, 0) is 40.0 Å². The van der Waals surface area contributed by atoms with Crippen LogP contribution < -0.4 is 0 Å². The molecule has 0 radical (unpaired) electrons. The number of hydrogen-bond donors (Lipinski definition) is 1. The third-order valence-corrected chi connectivity index (χ3v) is 9.49. The van der Waals surface area contributed by atoms with Gasteiger partial charge in [-0.3, -0.25) is 14.4 Å². The van der Waals surface area contributed by atoms with Crippen LogP contribution in [0.15, 0.2) is 40.5 Å². The molecule has 1 amide bonds. The van der Waals surface area contributed by atoms with E-state index in [1.807, 2.05) is 58.0 Å². The molecule has 0 aliphatic carbocycles. The fourth-order valence-corrected chi connectivity index (χ4v) is 6.53. The average molecular weight is 615 g/mol. The zero-order valence-electron chi connectivity index (χ0n) is 27.7. The summed E-state index contributed by atoms with van der Waals surface area (Å²) in [5.74, 6) is -4.18. The molecule has 244 valence electrons. The van der Waals surface area contributed by atoms with Gasteiger partial charge in [0.15, 0.2) is 0 Å². The summed E-state index contributed by atoms with van der Waals surface area (Å²) in [6.07, 6.45) is -1.32. The van der Waals surface area contributed by atoms with Gasteiger partial charge in [-0.2, -0.15) is 0 Å². The summed E-state index contributed by atoms with van der Waals surface area (Å²) in [4.78, 5) is 49.5. The second-order valence-corrected chi connectivity index (χ2v) is 13.0. The van der Waals surface area contributed by atoms with E-state index in [1.54, 1.807) is 27.7 Å². The van der Waals surface area contributed by atoms with Crippen molar-refractivity contribution in [2.24, 2.45) is 39.7 Å². The number of amides is 1. The molecule has 0 unspecified atom stereocenters. The van der Waals surface area contributed by atoms with E-state index >= 15 is 0 Å². The summed E-state index contributed by atoms with van der Waals surface area (Å²) < 4.78 is 18.9. The van der Waals surface area contributed by atoms with Crippen LogP contribution in [0.2, 0.25) is 0 Å². The summed E-state index contributed by atoms with van der Waals surface area (Å²) in [5, 5.41) is 16.5. The van der Waals surface area contributed by atoms with Gasteiger partial charge in [-0.15, -0.1) is 0 Å². The number of aliphatic hydroxyl groups is 1. The molecule has 2 fully saturated rings. The number of carbonyl (C=O) groups excluding carboxylic acids is 3. The van der Waals surface area contributed by atoms with E-state index in [0.29, 0.717) is 17.8 Å². The first-order chi connectivity index (χ1) is 20.6. The van der Waals surface area contributed by atoms with Gasteiger partial charge in [0.25, 0.3) is 0 Å². The van der Waals surface area contributed by atoms with Crippen molar-refractivity contribution in [2.75, 3.05) is 13.2 Å². The smallest absolute Gasteiger partial charge is 0.316 e. The number of ether oxygens (including phenoxy) is 3. The second-order valence-electron chi connectivity index (χ2n) is 13.0. The maximum atomic E-state index is 13.7. The van der Waals surface area contributed by atoms with Crippen molar-refractivity contribution < 1.29 is 38.5 Å². The van der Waals surface area contributed by atoms with Gasteiger partial charge >= 0.3 is 5.97 Å². The Hall–Kier alpha value is -2.95. The number of fused-ring (bicyclic) bond motifs is 5. The van der Waals surface area contributed by atoms with Crippen LogP contribution in [0.25, 0.3) is 0 Å². The Balaban J connectivity index is 2.21. The lowest BCUT2D eigenvalue weighted by Gasteiger charge is -2.44. The molecule has 2 heterocycles. The van der Waals surface area contributed by atoms with Crippen molar-refractivity contribution in [3.8, 4) is 0 Å². The highest BCUT2D eigenvalue weighted by molar-refractivity contribution is 6.00. The number of cyclic esters (lactones) is 1. The lowest BCUT2D eigenvalue weighted by molar-refractivity contribution is -0.192. The molecular weight excluding hydrogens is 564 g/mol. The van der Waals surface area contributed by atoms with Crippen molar-refractivity contribution in [1.82, 2.24) is 0 Å². The van der Waals surface area contributed by atoms with Gasteiger partial charge in [0.2, 0.25) is 5.91 Å². The predicted octanol–water partition coefficient (Wildman–Crippen LogP) is 4.95. The molecule has 2 aliphatic heterocycles. The number of esters is 1. The Morgan fingerprint density at radius 1 is 1.05 bits per heavy atom. The van der Waals surface area contributed by atoms with Gasteiger partial charge in [-0.1, -0.05) is 70.1 Å². The zero-order chi connectivity index (χ0) is 32.8. The molecule has 9 atom stereocenters.